The van der Waals surface area contributed by atoms with Crippen LogP contribution < -0.4 is 15.3 Å². The summed E-state index contributed by atoms with van der Waals surface area (Å²) in [6, 6.07) is 31.5. The number of likely N-dealkylation sites (N-methyl/N-ethyl adjacent to an activating group) is 1. The van der Waals surface area contributed by atoms with Crippen LogP contribution in [0.15, 0.2) is 138 Å². The molecule has 12 rings (SSSR count). The SMILES string of the molecule is CN1C2=CC=C(c3ccc4c(c3)C(C)(C)c3cccc5c3=C4CC3C=5c4ccc(C5=CC6c7ccccc7N(C)C6C=C5)cc4C3(C)C)CC2C2=C1CCC=C2. The fourth-order valence-corrected chi connectivity index (χ4v) is 12.5. The molecule has 2 heterocycles. The predicted molar refractivity (Wildman–Crippen MR) is 233 cm³/mol. The van der Waals surface area contributed by atoms with E-state index in [-0.39, 0.29) is 10.8 Å². The van der Waals surface area contributed by atoms with E-state index in [2.05, 4.69) is 173 Å². The van der Waals surface area contributed by atoms with E-state index in [1.54, 1.807) is 16.7 Å². The Hall–Kier alpha value is -5.34. The summed E-state index contributed by atoms with van der Waals surface area (Å²) in [6.45, 7) is 9.97. The highest BCUT2D eigenvalue weighted by Gasteiger charge is 2.47. The van der Waals surface area contributed by atoms with Gasteiger partial charge in [-0.25, -0.2) is 0 Å². The maximum absolute atomic E-state index is 2.57. The van der Waals surface area contributed by atoms with Gasteiger partial charge in [0.25, 0.3) is 0 Å². The molecule has 0 spiro atoms. The average Bonchev–Trinajstić information content (AvgIpc) is 3.77. The van der Waals surface area contributed by atoms with Crippen molar-refractivity contribution < 1.29 is 0 Å². The molecule has 0 amide bonds. The Bertz CT molecular complexity index is 2810. The summed E-state index contributed by atoms with van der Waals surface area (Å²) in [7, 11) is 4.51. The van der Waals surface area contributed by atoms with Crippen LogP contribution in [0.3, 0.4) is 0 Å². The molecule has 6 aliphatic carbocycles. The minimum absolute atomic E-state index is 0.00257. The normalized spacial score (nSPS) is 26.4. The van der Waals surface area contributed by atoms with Gasteiger partial charge in [0.15, 0.2) is 0 Å². The van der Waals surface area contributed by atoms with Gasteiger partial charge in [0.05, 0.1) is 6.04 Å². The third-order valence-corrected chi connectivity index (χ3v) is 15.6. The molecule has 4 aromatic rings. The summed E-state index contributed by atoms with van der Waals surface area (Å²) < 4.78 is 0. The van der Waals surface area contributed by atoms with E-state index in [1.807, 2.05) is 0 Å². The average molecular weight is 727 g/mol. The van der Waals surface area contributed by atoms with E-state index in [9.17, 15) is 0 Å². The minimum Gasteiger partial charge on any atom is -0.367 e. The Kier molecular flexibility index (Phi) is 6.55. The van der Waals surface area contributed by atoms with Crippen molar-refractivity contribution in [3.8, 4) is 0 Å². The number of nitrogens with zero attached hydrogens (tertiary/aromatic N) is 2. The first-order valence-electron chi connectivity index (χ1n) is 21.0. The standard InChI is InChI=1S/C54H50N2/c1-53(2)43-15-11-14-39-51-38-23-19-34(32-21-25-50-41(27-32)37-13-8-10-17-48(37)56(50)6)29-45(38)54(3,4)46(51)30-42(52(39)43)35-22-18-33(28-44(35)53)31-20-24-49-40(26-31)36-12-7-9-16-47(36)55(49)5/h7-8,10-15,17-25,27-29,40-41,46,50H,9,16,26,30H2,1-6H3. The molecule has 4 atom stereocenters. The second-order valence-corrected chi connectivity index (χ2v) is 18.9. The van der Waals surface area contributed by atoms with Crippen molar-refractivity contribution >= 4 is 28.0 Å². The second-order valence-electron chi connectivity index (χ2n) is 18.9. The largest absolute Gasteiger partial charge is 0.367 e. The third kappa shape index (κ3) is 4.18. The zero-order valence-corrected chi connectivity index (χ0v) is 33.6. The number of hydrogen-bond donors (Lipinski definition) is 0. The lowest BCUT2D eigenvalue weighted by Crippen LogP contribution is -2.46. The molecule has 0 aromatic heterocycles. The van der Waals surface area contributed by atoms with Crippen molar-refractivity contribution in [3.63, 3.8) is 0 Å². The lowest BCUT2D eigenvalue weighted by molar-refractivity contribution is 0.415. The van der Waals surface area contributed by atoms with Crippen LogP contribution in [0, 0.1) is 11.8 Å². The van der Waals surface area contributed by atoms with Gasteiger partial charge >= 0.3 is 0 Å². The van der Waals surface area contributed by atoms with Crippen molar-refractivity contribution in [1.82, 2.24) is 4.90 Å². The number of anilines is 1. The number of allylic oxidation sites excluding steroid dienone is 9. The van der Waals surface area contributed by atoms with Gasteiger partial charge < -0.3 is 9.80 Å². The molecular weight excluding hydrogens is 677 g/mol. The zero-order valence-electron chi connectivity index (χ0n) is 33.6. The van der Waals surface area contributed by atoms with Crippen molar-refractivity contribution in [3.05, 3.63) is 193 Å². The Labute approximate surface area is 332 Å². The quantitative estimate of drug-likeness (QED) is 0.203. The summed E-state index contributed by atoms with van der Waals surface area (Å²) in [5, 5.41) is 2.97. The molecule has 8 aliphatic rings. The Morgan fingerprint density at radius 3 is 2.46 bits per heavy atom. The maximum atomic E-state index is 2.57. The molecule has 0 saturated carbocycles. The van der Waals surface area contributed by atoms with Crippen LogP contribution in [-0.2, 0) is 10.8 Å². The molecule has 4 unspecified atom stereocenters. The molecule has 0 bridgehead atoms. The Morgan fingerprint density at radius 1 is 0.750 bits per heavy atom. The first-order chi connectivity index (χ1) is 27.1. The Balaban J connectivity index is 0.959. The topological polar surface area (TPSA) is 6.48 Å². The number of rotatable bonds is 2. The fourth-order valence-electron chi connectivity index (χ4n) is 12.5. The van der Waals surface area contributed by atoms with Crippen LogP contribution in [0.25, 0.3) is 22.3 Å². The third-order valence-electron chi connectivity index (χ3n) is 15.6. The van der Waals surface area contributed by atoms with E-state index >= 15 is 0 Å². The molecule has 4 aromatic carbocycles. The van der Waals surface area contributed by atoms with E-state index in [4.69, 9.17) is 0 Å². The van der Waals surface area contributed by atoms with Gasteiger partial charge in [0.1, 0.15) is 0 Å². The van der Waals surface area contributed by atoms with E-state index in [0.29, 0.717) is 23.8 Å². The summed E-state index contributed by atoms with van der Waals surface area (Å²) in [5.74, 6) is 1.27. The van der Waals surface area contributed by atoms with Gasteiger partial charge in [-0.05, 0) is 144 Å². The number of para-hydroxylation sites is 1. The molecule has 0 fully saturated rings. The molecular formula is C54H50N2. The highest BCUT2D eigenvalue weighted by atomic mass is 15.2. The highest BCUT2D eigenvalue weighted by molar-refractivity contribution is 5.88. The molecule has 0 N–H and O–H groups in total. The summed E-state index contributed by atoms with van der Waals surface area (Å²) >= 11 is 0. The van der Waals surface area contributed by atoms with E-state index in [0.717, 1.165) is 25.7 Å². The van der Waals surface area contributed by atoms with E-state index in [1.165, 1.54) is 83.2 Å². The van der Waals surface area contributed by atoms with Gasteiger partial charge in [-0.15, -0.1) is 0 Å². The molecule has 0 saturated heterocycles. The van der Waals surface area contributed by atoms with Crippen molar-refractivity contribution in [2.24, 2.45) is 11.8 Å². The summed E-state index contributed by atoms with van der Waals surface area (Å²) in [4.78, 5) is 4.92. The lowest BCUT2D eigenvalue weighted by Gasteiger charge is -2.39. The van der Waals surface area contributed by atoms with Crippen LogP contribution in [0.1, 0.15) is 104 Å². The predicted octanol–water partition coefficient (Wildman–Crippen LogP) is 10.4. The summed E-state index contributed by atoms with van der Waals surface area (Å²) in [5.41, 5.74) is 23.3. The van der Waals surface area contributed by atoms with Crippen LogP contribution in [0.4, 0.5) is 5.69 Å². The van der Waals surface area contributed by atoms with Crippen LogP contribution >= 0.6 is 0 Å². The fraction of sp³-hybridized carbons (Fsp3) is 0.296. The highest BCUT2D eigenvalue weighted by Crippen LogP contribution is 2.55. The van der Waals surface area contributed by atoms with Gasteiger partial charge in [-0.1, -0.05) is 125 Å². The first-order valence-corrected chi connectivity index (χ1v) is 21.0. The number of hydrogen-bond acceptors (Lipinski definition) is 2. The smallest absolute Gasteiger partial charge is 0.0577 e. The van der Waals surface area contributed by atoms with Crippen molar-refractivity contribution in [2.45, 2.75) is 76.2 Å². The minimum atomic E-state index is -0.107. The van der Waals surface area contributed by atoms with Gasteiger partial charge in [-0.2, -0.15) is 0 Å². The Morgan fingerprint density at radius 2 is 1.57 bits per heavy atom. The van der Waals surface area contributed by atoms with Gasteiger partial charge in [0.2, 0.25) is 0 Å². The monoisotopic (exact) mass is 726 g/mol. The maximum Gasteiger partial charge on any atom is 0.0577 e. The molecule has 2 aliphatic heterocycles. The lowest BCUT2D eigenvalue weighted by atomic mass is 9.64. The molecule has 0 radical (unpaired) electrons. The van der Waals surface area contributed by atoms with Crippen LogP contribution in [-0.4, -0.2) is 25.0 Å². The van der Waals surface area contributed by atoms with Crippen LogP contribution in [0.5, 0.6) is 0 Å². The zero-order chi connectivity index (χ0) is 37.8. The van der Waals surface area contributed by atoms with Gasteiger partial charge in [0, 0.05) is 48.4 Å². The van der Waals surface area contributed by atoms with Gasteiger partial charge in [-0.3, -0.25) is 0 Å². The molecule has 2 nitrogen and oxygen atoms in total. The van der Waals surface area contributed by atoms with Crippen LogP contribution in [0.2, 0.25) is 0 Å². The van der Waals surface area contributed by atoms with Crippen molar-refractivity contribution in [2.75, 3.05) is 19.0 Å². The number of fused-ring (bicyclic) bond motifs is 10. The first kappa shape index (κ1) is 32.9. The second kappa shape index (κ2) is 11.2. The molecule has 2 heteroatoms. The summed E-state index contributed by atoms with van der Waals surface area (Å²) in [6.07, 6.45) is 21.4. The number of benzene rings is 4. The van der Waals surface area contributed by atoms with E-state index < -0.39 is 0 Å². The molecule has 56 heavy (non-hydrogen) atoms. The van der Waals surface area contributed by atoms with Crippen molar-refractivity contribution in [1.29, 1.82) is 0 Å². The molecule has 276 valence electrons.